The lowest BCUT2D eigenvalue weighted by atomic mass is 10.1. The number of nitrogens with one attached hydrogen (secondary N) is 1. The first-order chi connectivity index (χ1) is 16.9. The van der Waals surface area contributed by atoms with Gasteiger partial charge in [-0.05, 0) is 87.1 Å². The summed E-state index contributed by atoms with van der Waals surface area (Å²) < 4.78 is 1.92. The van der Waals surface area contributed by atoms with Crippen molar-refractivity contribution in [2.24, 2.45) is 0 Å². The molecule has 0 bridgehead atoms. The van der Waals surface area contributed by atoms with Crippen LogP contribution in [-0.4, -0.2) is 47.8 Å². The molecule has 5 nitrogen and oxygen atoms in total. The fraction of sp³-hybridized carbons (Fsp3) is 0.286. The van der Waals surface area contributed by atoms with Gasteiger partial charge in [-0.1, -0.05) is 53.5 Å². The molecule has 0 radical (unpaired) electrons. The minimum absolute atomic E-state index is 0.0495. The highest BCUT2D eigenvalue weighted by molar-refractivity contribution is 6.35. The molecule has 0 aliphatic carbocycles. The van der Waals surface area contributed by atoms with Gasteiger partial charge in [-0.3, -0.25) is 4.79 Å². The Morgan fingerprint density at radius 1 is 0.943 bits per heavy atom. The molecule has 0 aliphatic heterocycles. The zero-order valence-corrected chi connectivity index (χ0v) is 21.6. The number of hydrogen-bond donors (Lipinski definition) is 1. The van der Waals surface area contributed by atoms with Crippen molar-refractivity contribution in [3.05, 3.63) is 82.5 Å². The highest BCUT2D eigenvalue weighted by atomic mass is 35.5. The van der Waals surface area contributed by atoms with Crippen molar-refractivity contribution in [2.75, 3.05) is 27.2 Å². The zero-order chi connectivity index (χ0) is 24.8. The van der Waals surface area contributed by atoms with Crippen LogP contribution in [0.2, 0.25) is 10.0 Å². The summed E-state index contributed by atoms with van der Waals surface area (Å²) in [7, 11) is 4.12. The number of aromatic nitrogens is 2. The van der Waals surface area contributed by atoms with Crippen molar-refractivity contribution < 1.29 is 4.79 Å². The number of unbranched alkanes of at least 4 members (excludes halogenated alkanes) is 1. The minimum atomic E-state index is 0.0495. The number of halogens is 2. The van der Waals surface area contributed by atoms with Crippen molar-refractivity contribution in [1.82, 2.24) is 20.0 Å². The Labute approximate surface area is 216 Å². The molecule has 1 heterocycles. The van der Waals surface area contributed by atoms with Gasteiger partial charge in [0.1, 0.15) is 0 Å². The van der Waals surface area contributed by atoms with Crippen LogP contribution in [0, 0.1) is 0 Å². The molecule has 1 amide bonds. The van der Waals surface area contributed by atoms with Crippen molar-refractivity contribution in [2.45, 2.75) is 25.7 Å². The Bertz CT molecular complexity index is 1300. The van der Waals surface area contributed by atoms with Crippen LogP contribution in [0.1, 0.15) is 25.0 Å². The molecule has 1 N–H and O–H groups in total. The van der Waals surface area contributed by atoms with Gasteiger partial charge in [0.2, 0.25) is 5.91 Å². The van der Waals surface area contributed by atoms with E-state index in [1.54, 1.807) is 6.07 Å². The molecular formula is C28H30Cl2N4O. The number of amides is 1. The summed E-state index contributed by atoms with van der Waals surface area (Å²) in [6.45, 7) is 1.72. The number of hydrogen-bond acceptors (Lipinski definition) is 3. The summed E-state index contributed by atoms with van der Waals surface area (Å²) in [5, 5.41) is 11.3. The maximum absolute atomic E-state index is 12.5. The normalized spacial score (nSPS) is 11.3. The Kier molecular flexibility index (Phi) is 8.45. The molecule has 7 heteroatoms. The third-order valence-corrected chi connectivity index (χ3v) is 6.32. The second kappa shape index (κ2) is 11.7. The molecule has 0 fully saturated rings. The molecule has 0 aliphatic rings. The third-order valence-electron chi connectivity index (χ3n) is 5.88. The van der Waals surface area contributed by atoms with Crippen LogP contribution >= 0.6 is 23.2 Å². The van der Waals surface area contributed by atoms with E-state index in [0.29, 0.717) is 29.4 Å². The first kappa shape index (κ1) is 25.2. The van der Waals surface area contributed by atoms with Gasteiger partial charge in [0.05, 0.1) is 11.4 Å². The average molecular weight is 509 g/mol. The quantitative estimate of drug-likeness (QED) is 0.252. The van der Waals surface area contributed by atoms with E-state index in [-0.39, 0.29) is 5.91 Å². The molecular weight excluding hydrogens is 479 g/mol. The highest BCUT2D eigenvalue weighted by Crippen LogP contribution is 2.29. The number of rotatable bonds is 10. The topological polar surface area (TPSA) is 50.2 Å². The van der Waals surface area contributed by atoms with Gasteiger partial charge in [0.15, 0.2) is 0 Å². The number of benzene rings is 3. The van der Waals surface area contributed by atoms with E-state index in [9.17, 15) is 4.79 Å². The lowest BCUT2D eigenvalue weighted by Crippen LogP contribution is -2.25. The molecule has 1 aromatic heterocycles. The predicted octanol–water partition coefficient (Wildman–Crippen LogP) is 6.39. The van der Waals surface area contributed by atoms with E-state index in [1.807, 2.05) is 35.0 Å². The number of carbonyl (C=O) groups is 1. The number of fused-ring (bicyclic) bond motifs is 1. The predicted molar refractivity (Wildman–Crippen MR) is 146 cm³/mol. The standard InChI is InChI=1S/C28H30Cl2N4O/c1-33(2)14-6-5-13-31-28(35)12-11-26-19-27(22-15-23(29)18-24(30)16-22)32-34(26)25-10-9-20-7-3-4-8-21(20)17-25/h3-4,7-10,15-19H,5-6,11-14H2,1-2H3,(H,31,35). The van der Waals surface area contributed by atoms with Crippen molar-refractivity contribution in [1.29, 1.82) is 0 Å². The molecule has 4 rings (SSSR count). The summed E-state index contributed by atoms with van der Waals surface area (Å²) in [6, 6.07) is 21.9. The Balaban J connectivity index is 1.56. The van der Waals surface area contributed by atoms with Gasteiger partial charge in [0.25, 0.3) is 0 Å². The van der Waals surface area contributed by atoms with E-state index in [4.69, 9.17) is 28.3 Å². The summed E-state index contributed by atoms with van der Waals surface area (Å²) in [6.07, 6.45) is 2.99. The molecule has 0 saturated heterocycles. The summed E-state index contributed by atoms with van der Waals surface area (Å²) in [5.74, 6) is 0.0495. The molecule has 4 aromatic rings. The SMILES string of the molecule is CN(C)CCCCNC(=O)CCc1cc(-c2cc(Cl)cc(Cl)c2)nn1-c1ccc2ccccc2c1. The molecule has 182 valence electrons. The second-order valence-electron chi connectivity index (χ2n) is 8.98. The second-order valence-corrected chi connectivity index (χ2v) is 9.86. The van der Waals surface area contributed by atoms with Crippen LogP contribution in [-0.2, 0) is 11.2 Å². The first-order valence-electron chi connectivity index (χ1n) is 11.8. The maximum Gasteiger partial charge on any atom is 0.220 e. The van der Waals surface area contributed by atoms with Crippen LogP contribution in [0.5, 0.6) is 0 Å². The van der Waals surface area contributed by atoms with Gasteiger partial charge < -0.3 is 10.2 Å². The largest absolute Gasteiger partial charge is 0.356 e. The molecule has 0 unspecified atom stereocenters. The van der Waals surface area contributed by atoms with E-state index in [0.717, 1.165) is 47.4 Å². The van der Waals surface area contributed by atoms with Gasteiger partial charge in [0, 0.05) is 34.3 Å². The lowest BCUT2D eigenvalue weighted by molar-refractivity contribution is -0.121. The summed E-state index contributed by atoms with van der Waals surface area (Å²) in [4.78, 5) is 14.7. The number of carbonyl (C=O) groups excluding carboxylic acids is 1. The van der Waals surface area contributed by atoms with E-state index >= 15 is 0 Å². The van der Waals surface area contributed by atoms with Crippen LogP contribution in [0.25, 0.3) is 27.7 Å². The van der Waals surface area contributed by atoms with Gasteiger partial charge >= 0.3 is 0 Å². The Hall–Kier alpha value is -2.86. The third kappa shape index (κ3) is 6.85. The zero-order valence-electron chi connectivity index (χ0n) is 20.1. The van der Waals surface area contributed by atoms with Gasteiger partial charge in [-0.15, -0.1) is 0 Å². The maximum atomic E-state index is 12.5. The van der Waals surface area contributed by atoms with Crippen LogP contribution < -0.4 is 5.32 Å². The Morgan fingerprint density at radius 2 is 1.69 bits per heavy atom. The van der Waals surface area contributed by atoms with E-state index in [1.165, 1.54) is 5.39 Å². The molecule has 0 atom stereocenters. The van der Waals surface area contributed by atoms with E-state index in [2.05, 4.69) is 54.6 Å². The molecule has 0 spiro atoms. The number of aryl methyl sites for hydroxylation is 1. The van der Waals surface area contributed by atoms with Gasteiger partial charge in [-0.2, -0.15) is 5.10 Å². The minimum Gasteiger partial charge on any atom is -0.356 e. The smallest absolute Gasteiger partial charge is 0.220 e. The summed E-state index contributed by atoms with van der Waals surface area (Å²) >= 11 is 12.5. The fourth-order valence-electron chi connectivity index (χ4n) is 4.08. The monoisotopic (exact) mass is 508 g/mol. The molecule has 35 heavy (non-hydrogen) atoms. The van der Waals surface area contributed by atoms with E-state index < -0.39 is 0 Å². The van der Waals surface area contributed by atoms with Crippen molar-refractivity contribution in [3.63, 3.8) is 0 Å². The summed E-state index contributed by atoms with van der Waals surface area (Å²) in [5.41, 5.74) is 3.51. The molecule has 0 saturated carbocycles. The van der Waals surface area contributed by atoms with Crippen LogP contribution in [0.15, 0.2) is 66.7 Å². The number of nitrogens with zero attached hydrogens (tertiary/aromatic N) is 3. The molecule has 3 aromatic carbocycles. The average Bonchev–Trinajstić information content (AvgIpc) is 3.26. The Morgan fingerprint density at radius 3 is 2.43 bits per heavy atom. The van der Waals surface area contributed by atoms with Crippen molar-refractivity contribution in [3.8, 4) is 16.9 Å². The van der Waals surface area contributed by atoms with Crippen LogP contribution in [0.4, 0.5) is 0 Å². The fourth-order valence-corrected chi connectivity index (χ4v) is 4.61. The lowest BCUT2D eigenvalue weighted by Gasteiger charge is -2.10. The van der Waals surface area contributed by atoms with Crippen molar-refractivity contribution >= 4 is 39.9 Å². The first-order valence-corrected chi connectivity index (χ1v) is 12.6. The van der Waals surface area contributed by atoms with Gasteiger partial charge in [-0.25, -0.2) is 4.68 Å². The van der Waals surface area contributed by atoms with Crippen LogP contribution in [0.3, 0.4) is 0 Å². The highest BCUT2D eigenvalue weighted by Gasteiger charge is 2.14.